The lowest BCUT2D eigenvalue weighted by atomic mass is 9.84. The van der Waals surface area contributed by atoms with Crippen LogP contribution in [0.2, 0.25) is 0 Å². The van der Waals surface area contributed by atoms with Gasteiger partial charge in [-0.3, -0.25) is 4.68 Å². The van der Waals surface area contributed by atoms with Crippen LogP contribution in [0, 0.1) is 17.8 Å². The molecule has 0 aromatic carbocycles. The van der Waals surface area contributed by atoms with Crippen LogP contribution in [0.4, 0.5) is 13.2 Å². The summed E-state index contributed by atoms with van der Waals surface area (Å²) in [7, 11) is 1.84. The normalized spacial score (nSPS) is 26.3. The summed E-state index contributed by atoms with van der Waals surface area (Å²) in [6.45, 7) is 0.0399. The number of oxime groups is 1. The van der Waals surface area contributed by atoms with Gasteiger partial charge >= 0.3 is 6.18 Å². The van der Waals surface area contributed by atoms with E-state index in [-0.39, 0.29) is 13.0 Å². The maximum atomic E-state index is 12.5. The van der Waals surface area contributed by atoms with Gasteiger partial charge in [0.1, 0.15) is 12.3 Å². The Morgan fingerprint density at radius 1 is 1.35 bits per heavy atom. The fraction of sp³-hybridized carbons (Fsp3) is 0.750. The van der Waals surface area contributed by atoms with E-state index in [1.165, 1.54) is 6.42 Å². The lowest BCUT2D eigenvalue weighted by Crippen LogP contribution is -2.22. The van der Waals surface area contributed by atoms with E-state index in [1.807, 2.05) is 13.1 Å². The summed E-state index contributed by atoms with van der Waals surface area (Å²) in [5.41, 5.74) is 1.72. The highest BCUT2D eigenvalue weighted by Crippen LogP contribution is 2.50. The molecule has 2 atom stereocenters. The number of alkyl halides is 3. The van der Waals surface area contributed by atoms with Gasteiger partial charge in [-0.15, -0.1) is 0 Å². The molecule has 1 heterocycles. The fourth-order valence-corrected chi connectivity index (χ4v) is 3.37. The number of halogens is 3. The largest absolute Gasteiger partial charge is 0.395 e. The van der Waals surface area contributed by atoms with Gasteiger partial charge in [-0.2, -0.15) is 18.3 Å². The van der Waals surface area contributed by atoms with E-state index in [9.17, 15) is 13.2 Å². The van der Waals surface area contributed by atoms with Gasteiger partial charge in [-0.25, -0.2) is 0 Å². The van der Waals surface area contributed by atoms with Crippen LogP contribution in [0.3, 0.4) is 0 Å². The quantitative estimate of drug-likeness (QED) is 0.607. The summed E-state index contributed by atoms with van der Waals surface area (Å²) in [5, 5.41) is 8.40. The Balaban J connectivity index is 1.65. The van der Waals surface area contributed by atoms with E-state index >= 15 is 0 Å². The molecule has 1 aromatic rings. The minimum atomic E-state index is -4.11. The number of rotatable bonds is 5. The van der Waals surface area contributed by atoms with Crippen molar-refractivity contribution in [3.8, 4) is 0 Å². The van der Waals surface area contributed by atoms with Crippen molar-refractivity contribution in [1.82, 2.24) is 9.78 Å². The minimum Gasteiger partial charge on any atom is -0.395 e. The Bertz CT molecular complexity index is 561. The van der Waals surface area contributed by atoms with Crippen LogP contribution in [0.15, 0.2) is 17.4 Å². The van der Waals surface area contributed by atoms with Gasteiger partial charge in [0.25, 0.3) is 0 Å². The zero-order chi connectivity index (χ0) is 16.4. The second kappa shape index (κ2) is 6.53. The second-order valence-electron chi connectivity index (χ2n) is 6.59. The fourth-order valence-electron chi connectivity index (χ4n) is 3.37. The molecule has 23 heavy (non-hydrogen) atoms. The zero-order valence-corrected chi connectivity index (χ0v) is 13.2. The first-order valence-electron chi connectivity index (χ1n) is 8.21. The van der Waals surface area contributed by atoms with Crippen molar-refractivity contribution in [3.63, 3.8) is 0 Å². The molecule has 2 aliphatic rings. The van der Waals surface area contributed by atoms with Crippen molar-refractivity contribution in [2.24, 2.45) is 30.0 Å². The van der Waals surface area contributed by atoms with Crippen molar-refractivity contribution in [1.29, 1.82) is 0 Å². The summed E-state index contributed by atoms with van der Waals surface area (Å²) in [6.07, 6.45) is 3.37. The average molecular weight is 329 g/mol. The first kappa shape index (κ1) is 16.3. The van der Waals surface area contributed by atoms with Crippen LogP contribution in [0.1, 0.15) is 44.2 Å². The first-order chi connectivity index (χ1) is 11.0. The molecule has 128 valence electrons. The topological polar surface area (TPSA) is 39.4 Å². The molecule has 0 radical (unpaired) electrons. The van der Waals surface area contributed by atoms with Crippen molar-refractivity contribution in [2.75, 3.05) is 6.61 Å². The molecular weight excluding hydrogens is 307 g/mol. The molecule has 7 heteroatoms. The average Bonchev–Trinajstić information content (AvgIpc) is 3.19. The monoisotopic (exact) mass is 329 g/mol. The van der Waals surface area contributed by atoms with Crippen LogP contribution in [-0.4, -0.2) is 28.3 Å². The van der Waals surface area contributed by atoms with E-state index in [0.29, 0.717) is 5.92 Å². The van der Waals surface area contributed by atoms with Gasteiger partial charge < -0.3 is 4.84 Å². The molecule has 1 aromatic heterocycles. The molecule has 0 bridgehead atoms. The lowest BCUT2D eigenvalue weighted by Gasteiger charge is -2.23. The minimum absolute atomic E-state index is 0.0399. The molecule has 2 aliphatic carbocycles. The molecule has 0 N–H and O–H groups in total. The van der Waals surface area contributed by atoms with Crippen molar-refractivity contribution < 1.29 is 18.0 Å². The Morgan fingerprint density at radius 2 is 2.09 bits per heavy atom. The van der Waals surface area contributed by atoms with Gasteiger partial charge in [0.05, 0.1) is 11.6 Å². The van der Waals surface area contributed by atoms with Gasteiger partial charge in [0.15, 0.2) is 0 Å². The van der Waals surface area contributed by atoms with Crippen LogP contribution < -0.4 is 0 Å². The SMILES string of the molecule is Cn1nccc1/C(=N\OCC1CC1C(F)(F)F)C1CCCCC1. The number of aryl methyl sites for hydroxylation is 1. The molecule has 2 unspecified atom stereocenters. The lowest BCUT2D eigenvalue weighted by molar-refractivity contribution is -0.152. The third-order valence-electron chi connectivity index (χ3n) is 4.87. The van der Waals surface area contributed by atoms with Crippen LogP contribution >= 0.6 is 0 Å². The number of aromatic nitrogens is 2. The molecular formula is C16H22F3N3O. The number of nitrogens with zero attached hydrogens (tertiary/aromatic N) is 3. The van der Waals surface area contributed by atoms with Crippen LogP contribution in [0.5, 0.6) is 0 Å². The van der Waals surface area contributed by atoms with Crippen molar-refractivity contribution >= 4 is 5.71 Å². The summed E-state index contributed by atoms with van der Waals surface area (Å²) in [6, 6.07) is 1.88. The van der Waals surface area contributed by atoms with Gasteiger partial charge in [0.2, 0.25) is 0 Å². The van der Waals surface area contributed by atoms with E-state index in [0.717, 1.165) is 37.1 Å². The van der Waals surface area contributed by atoms with E-state index in [1.54, 1.807) is 10.9 Å². The highest BCUT2D eigenvalue weighted by molar-refractivity contribution is 6.00. The summed E-state index contributed by atoms with van der Waals surface area (Å²) in [4.78, 5) is 5.32. The molecule has 0 aliphatic heterocycles. The standard InChI is InChI=1S/C16H22F3N3O/c1-22-14(7-8-20-22)15(11-5-3-2-4-6-11)21-23-10-12-9-13(12)16(17,18)19/h7-8,11-13H,2-6,9-10H2,1H3/b21-15-. The third-order valence-corrected chi connectivity index (χ3v) is 4.87. The number of hydrogen-bond acceptors (Lipinski definition) is 3. The van der Waals surface area contributed by atoms with Crippen molar-refractivity contribution in [2.45, 2.75) is 44.7 Å². The molecule has 0 saturated heterocycles. The molecule has 4 nitrogen and oxygen atoms in total. The molecule has 2 fully saturated rings. The van der Waals surface area contributed by atoms with Gasteiger partial charge in [-0.05, 0) is 25.3 Å². The Morgan fingerprint density at radius 3 is 2.65 bits per heavy atom. The first-order valence-corrected chi connectivity index (χ1v) is 8.21. The maximum absolute atomic E-state index is 12.5. The summed E-state index contributed by atoms with van der Waals surface area (Å²) < 4.78 is 39.4. The molecule has 3 rings (SSSR count). The highest BCUT2D eigenvalue weighted by Gasteiger charge is 2.56. The van der Waals surface area contributed by atoms with E-state index < -0.39 is 18.0 Å². The maximum Gasteiger partial charge on any atom is 0.392 e. The Hall–Kier alpha value is -1.53. The number of hydrogen-bond donors (Lipinski definition) is 0. The van der Waals surface area contributed by atoms with Crippen molar-refractivity contribution in [3.05, 3.63) is 18.0 Å². The predicted molar refractivity (Wildman–Crippen MR) is 79.9 cm³/mol. The highest BCUT2D eigenvalue weighted by atomic mass is 19.4. The Kier molecular flexibility index (Phi) is 4.64. The second-order valence-corrected chi connectivity index (χ2v) is 6.59. The zero-order valence-electron chi connectivity index (χ0n) is 13.2. The summed E-state index contributed by atoms with van der Waals surface area (Å²) >= 11 is 0. The molecule has 2 saturated carbocycles. The third kappa shape index (κ3) is 3.87. The predicted octanol–water partition coefficient (Wildman–Crippen LogP) is 3.92. The van der Waals surface area contributed by atoms with Gasteiger partial charge in [-0.1, -0.05) is 24.4 Å². The molecule has 0 amide bonds. The van der Waals surface area contributed by atoms with Crippen LogP contribution in [0.25, 0.3) is 0 Å². The smallest absolute Gasteiger partial charge is 0.392 e. The summed E-state index contributed by atoms with van der Waals surface area (Å²) in [5.74, 6) is -1.36. The van der Waals surface area contributed by atoms with E-state index in [2.05, 4.69) is 10.3 Å². The van der Waals surface area contributed by atoms with Crippen LogP contribution in [-0.2, 0) is 11.9 Å². The molecule has 0 spiro atoms. The van der Waals surface area contributed by atoms with E-state index in [4.69, 9.17) is 4.84 Å². The Labute approximate surface area is 133 Å². The van der Waals surface area contributed by atoms with Gasteiger partial charge in [0, 0.05) is 25.1 Å².